The van der Waals surface area contributed by atoms with Crippen LogP contribution in [0.3, 0.4) is 0 Å². The molecule has 0 bridgehead atoms. The zero-order valence-electron chi connectivity index (χ0n) is 15.4. The van der Waals surface area contributed by atoms with Gasteiger partial charge in [0.15, 0.2) is 10.9 Å². The van der Waals surface area contributed by atoms with E-state index in [0.717, 1.165) is 23.4 Å². The molecule has 28 heavy (non-hydrogen) atoms. The molecule has 144 valence electrons. The number of nitrogens with one attached hydrogen (secondary N) is 1. The quantitative estimate of drug-likeness (QED) is 0.687. The summed E-state index contributed by atoms with van der Waals surface area (Å²) in [7, 11) is 0. The van der Waals surface area contributed by atoms with Gasteiger partial charge in [0.05, 0.1) is 18.5 Å². The van der Waals surface area contributed by atoms with Gasteiger partial charge in [-0.3, -0.25) is 14.9 Å². The van der Waals surface area contributed by atoms with Crippen molar-refractivity contribution in [3.05, 3.63) is 70.6 Å². The molecular weight excluding hydrogens is 374 g/mol. The van der Waals surface area contributed by atoms with Crippen molar-refractivity contribution in [1.29, 1.82) is 0 Å². The molecule has 0 atom stereocenters. The van der Waals surface area contributed by atoms with Crippen LogP contribution in [0.2, 0.25) is 0 Å². The monoisotopic (exact) mass is 395 g/mol. The predicted molar refractivity (Wildman–Crippen MR) is 107 cm³/mol. The molecule has 2 aromatic heterocycles. The average Bonchev–Trinajstić information content (AvgIpc) is 3.37. The molecule has 0 saturated heterocycles. The molecule has 1 aromatic carbocycles. The second-order valence-electron chi connectivity index (χ2n) is 6.72. The van der Waals surface area contributed by atoms with Crippen molar-refractivity contribution in [2.24, 2.45) is 0 Å². The van der Waals surface area contributed by atoms with Gasteiger partial charge in [-0.15, -0.1) is 0 Å². The SMILES string of the molecule is O=C(Nc1nc2c(s1)CN(C(=O)CCCc1ccccc1)CC2)c1ccco1. The largest absolute Gasteiger partial charge is 0.459 e. The highest BCUT2D eigenvalue weighted by atomic mass is 32.1. The Hall–Kier alpha value is -2.93. The standard InChI is InChI=1S/C21H21N3O3S/c25-19(10-4-8-15-6-2-1-3-7-15)24-12-11-16-18(14-24)28-21(22-16)23-20(26)17-9-5-13-27-17/h1-3,5-7,9,13H,4,8,10-12,14H2,(H,22,23,26). The summed E-state index contributed by atoms with van der Waals surface area (Å²) in [6, 6.07) is 13.5. The molecule has 4 rings (SSSR count). The highest BCUT2D eigenvalue weighted by Crippen LogP contribution is 2.29. The molecule has 0 spiro atoms. The molecule has 7 heteroatoms. The van der Waals surface area contributed by atoms with Gasteiger partial charge in [-0.05, 0) is 30.5 Å². The summed E-state index contributed by atoms with van der Waals surface area (Å²) in [5.41, 5.74) is 2.23. The minimum atomic E-state index is -0.315. The molecule has 1 N–H and O–H groups in total. The summed E-state index contributed by atoms with van der Waals surface area (Å²) in [5, 5.41) is 3.32. The van der Waals surface area contributed by atoms with Crippen molar-refractivity contribution in [1.82, 2.24) is 9.88 Å². The van der Waals surface area contributed by atoms with Crippen LogP contribution in [-0.2, 0) is 24.2 Å². The fourth-order valence-corrected chi connectivity index (χ4v) is 4.29. The Kier molecular flexibility index (Phi) is 5.53. The Bertz CT molecular complexity index is 951. The molecule has 0 aliphatic carbocycles. The minimum absolute atomic E-state index is 0.177. The fourth-order valence-electron chi connectivity index (χ4n) is 3.27. The first kappa shape index (κ1) is 18.4. The van der Waals surface area contributed by atoms with Crippen molar-refractivity contribution in [2.45, 2.75) is 32.2 Å². The van der Waals surface area contributed by atoms with E-state index < -0.39 is 0 Å². The van der Waals surface area contributed by atoms with Gasteiger partial charge in [0, 0.05) is 24.3 Å². The van der Waals surface area contributed by atoms with Crippen molar-refractivity contribution >= 4 is 28.3 Å². The topological polar surface area (TPSA) is 75.4 Å². The van der Waals surface area contributed by atoms with E-state index in [2.05, 4.69) is 22.4 Å². The normalized spacial score (nSPS) is 13.2. The van der Waals surface area contributed by atoms with Gasteiger partial charge in [0.2, 0.25) is 5.91 Å². The second kappa shape index (κ2) is 8.39. The molecule has 0 fully saturated rings. The van der Waals surface area contributed by atoms with Crippen molar-refractivity contribution < 1.29 is 14.0 Å². The first-order chi connectivity index (χ1) is 13.7. The van der Waals surface area contributed by atoms with Gasteiger partial charge < -0.3 is 9.32 Å². The van der Waals surface area contributed by atoms with E-state index in [1.54, 1.807) is 12.1 Å². The molecule has 0 radical (unpaired) electrons. The molecule has 3 aromatic rings. The van der Waals surface area contributed by atoms with Crippen LogP contribution in [-0.4, -0.2) is 28.2 Å². The van der Waals surface area contributed by atoms with E-state index in [-0.39, 0.29) is 17.6 Å². The lowest BCUT2D eigenvalue weighted by Crippen LogP contribution is -2.35. The Balaban J connectivity index is 1.31. The van der Waals surface area contributed by atoms with Gasteiger partial charge in [-0.25, -0.2) is 4.98 Å². The first-order valence-corrected chi connectivity index (χ1v) is 10.2. The zero-order valence-corrected chi connectivity index (χ0v) is 16.2. The van der Waals surface area contributed by atoms with Gasteiger partial charge in [-0.2, -0.15) is 0 Å². The molecule has 1 aliphatic heterocycles. The predicted octanol–water partition coefficient (Wildman–Crippen LogP) is 3.90. The molecular formula is C21H21N3O3S. The number of furan rings is 1. The maximum absolute atomic E-state index is 12.6. The number of carbonyl (C=O) groups excluding carboxylic acids is 2. The second-order valence-corrected chi connectivity index (χ2v) is 7.81. The van der Waals surface area contributed by atoms with Gasteiger partial charge in [0.25, 0.3) is 5.91 Å². The van der Waals surface area contributed by atoms with Crippen LogP contribution in [0, 0.1) is 0 Å². The lowest BCUT2D eigenvalue weighted by molar-refractivity contribution is -0.132. The van der Waals surface area contributed by atoms with E-state index in [4.69, 9.17) is 4.42 Å². The van der Waals surface area contributed by atoms with Crippen LogP contribution in [0.25, 0.3) is 0 Å². The van der Waals surface area contributed by atoms with E-state index >= 15 is 0 Å². The van der Waals surface area contributed by atoms with Crippen LogP contribution in [0.5, 0.6) is 0 Å². The summed E-state index contributed by atoms with van der Waals surface area (Å²) >= 11 is 1.42. The Morgan fingerprint density at radius 2 is 2.04 bits per heavy atom. The maximum atomic E-state index is 12.6. The fraction of sp³-hybridized carbons (Fsp3) is 0.286. The number of benzene rings is 1. The first-order valence-electron chi connectivity index (χ1n) is 9.34. The number of hydrogen-bond acceptors (Lipinski definition) is 5. The number of amides is 2. The number of fused-ring (bicyclic) bond motifs is 1. The molecule has 2 amide bonds. The van der Waals surface area contributed by atoms with E-state index in [0.29, 0.717) is 31.1 Å². The van der Waals surface area contributed by atoms with Gasteiger partial charge in [-0.1, -0.05) is 41.7 Å². The van der Waals surface area contributed by atoms with Crippen LogP contribution < -0.4 is 5.32 Å². The highest BCUT2D eigenvalue weighted by molar-refractivity contribution is 7.15. The summed E-state index contributed by atoms with van der Waals surface area (Å²) in [5.74, 6) is 0.115. The van der Waals surface area contributed by atoms with Crippen LogP contribution in [0.1, 0.15) is 39.5 Å². The van der Waals surface area contributed by atoms with Crippen molar-refractivity contribution in [3.8, 4) is 0 Å². The number of aromatic nitrogens is 1. The molecule has 0 unspecified atom stereocenters. The molecule has 3 heterocycles. The van der Waals surface area contributed by atoms with Crippen LogP contribution in [0.15, 0.2) is 53.1 Å². The third kappa shape index (κ3) is 4.31. The summed E-state index contributed by atoms with van der Waals surface area (Å²) in [6.45, 7) is 1.24. The molecule has 6 nitrogen and oxygen atoms in total. The lowest BCUT2D eigenvalue weighted by Gasteiger charge is -2.26. The summed E-state index contributed by atoms with van der Waals surface area (Å²) < 4.78 is 5.10. The van der Waals surface area contributed by atoms with Gasteiger partial charge in [0.1, 0.15) is 0 Å². The molecule has 0 saturated carbocycles. The third-order valence-corrected chi connectivity index (χ3v) is 5.75. The number of thiazole rings is 1. The number of anilines is 1. The Morgan fingerprint density at radius 3 is 2.82 bits per heavy atom. The molecule has 1 aliphatic rings. The van der Waals surface area contributed by atoms with Crippen LogP contribution >= 0.6 is 11.3 Å². The van der Waals surface area contributed by atoms with Crippen LogP contribution in [0.4, 0.5) is 5.13 Å². The van der Waals surface area contributed by atoms with E-state index in [1.807, 2.05) is 23.1 Å². The number of carbonyl (C=O) groups is 2. The van der Waals surface area contributed by atoms with E-state index in [9.17, 15) is 9.59 Å². The number of aryl methyl sites for hydroxylation is 1. The smallest absolute Gasteiger partial charge is 0.293 e. The number of rotatable bonds is 6. The third-order valence-electron chi connectivity index (χ3n) is 4.75. The van der Waals surface area contributed by atoms with Gasteiger partial charge >= 0.3 is 0 Å². The number of hydrogen-bond donors (Lipinski definition) is 1. The minimum Gasteiger partial charge on any atom is -0.459 e. The Morgan fingerprint density at radius 1 is 1.18 bits per heavy atom. The van der Waals surface area contributed by atoms with Crippen molar-refractivity contribution in [2.75, 3.05) is 11.9 Å². The maximum Gasteiger partial charge on any atom is 0.293 e. The van der Waals surface area contributed by atoms with Crippen molar-refractivity contribution in [3.63, 3.8) is 0 Å². The zero-order chi connectivity index (χ0) is 19.3. The number of nitrogens with zero attached hydrogens (tertiary/aromatic N) is 2. The summed E-state index contributed by atoms with van der Waals surface area (Å²) in [4.78, 5) is 32.1. The highest BCUT2D eigenvalue weighted by Gasteiger charge is 2.24. The summed E-state index contributed by atoms with van der Waals surface area (Å²) in [6.07, 6.45) is 4.48. The average molecular weight is 395 g/mol. The lowest BCUT2D eigenvalue weighted by atomic mass is 10.1. The Labute approximate surface area is 167 Å². The van der Waals surface area contributed by atoms with E-state index in [1.165, 1.54) is 23.2 Å².